The molecule has 0 aliphatic rings. The number of fused-ring (bicyclic) bond motifs is 1. The Morgan fingerprint density at radius 3 is 2.48 bits per heavy atom. The molecular formula is C29H29ClN4O6. The quantitative estimate of drug-likeness (QED) is 0.185. The van der Waals surface area contributed by atoms with E-state index in [0.29, 0.717) is 11.3 Å². The topological polar surface area (TPSA) is 157 Å². The Hall–Kier alpha value is -4.40. The fraction of sp³-hybridized carbons (Fsp3) is 0.207. The molecule has 10 nitrogen and oxygen atoms in total. The molecule has 2 atom stereocenters. The third-order valence-electron chi connectivity index (χ3n) is 6.21. The summed E-state index contributed by atoms with van der Waals surface area (Å²) in [5.74, 6) is -1.34. The molecule has 208 valence electrons. The van der Waals surface area contributed by atoms with Crippen LogP contribution in [0.25, 0.3) is 10.9 Å². The van der Waals surface area contributed by atoms with Gasteiger partial charge in [-0.2, -0.15) is 5.26 Å². The molecule has 0 fully saturated rings. The average Bonchev–Trinajstić information content (AvgIpc) is 3.29. The molecule has 40 heavy (non-hydrogen) atoms. The summed E-state index contributed by atoms with van der Waals surface area (Å²) in [6.45, 7) is 0.459. The number of rotatable bonds is 11. The number of hydrogen-bond donors (Lipinski definition) is 5. The highest BCUT2D eigenvalue weighted by Gasteiger charge is 2.20. The second-order valence-corrected chi connectivity index (χ2v) is 8.96. The number of amides is 1. The first-order chi connectivity index (χ1) is 18.8. The van der Waals surface area contributed by atoms with Crippen molar-refractivity contribution in [1.29, 1.82) is 5.26 Å². The number of hydrogen-bond acceptors (Lipinski definition) is 7. The third-order valence-corrected chi connectivity index (χ3v) is 6.21. The first-order valence-electron chi connectivity index (χ1n) is 12.2. The number of aromatic carboxylic acids is 1. The highest BCUT2D eigenvalue weighted by molar-refractivity contribution is 6.09. The van der Waals surface area contributed by atoms with Gasteiger partial charge in [-0.25, -0.2) is 4.79 Å². The highest BCUT2D eigenvalue weighted by Crippen LogP contribution is 2.29. The molecule has 0 aliphatic carbocycles. The van der Waals surface area contributed by atoms with Crippen LogP contribution >= 0.6 is 12.4 Å². The van der Waals surface area contributed by atoms with Crippen molar-refractivity contribution >= 4 is 40.9 Å². The predicted molar refractivity (Wildman–Crippen MR) is 152 cm³/mol. The van der Waals surface area contributed by atoms with Gasteiger partial charge in [0.15, 0.2) is 0 Å². The van der Waals surface area contributed by atoms with Crippen molar-refractivity contribution in [1.82, 2.24) is 9.88 Å². The Kier molecular flexibility index (Phi) is 10.2. The van der Waals surface area contributed by atoms with Crippen LogP contribution in [0.5, 0.6) is 5.75 Å². The average molecular weight is 565 g/mol. The molecule has 0 bridgehead atoms. The number of para-hydroxylation sites is 1. The summed E-state index contributed by atoms with van der Waals surface area (Å²) in [5, 5.41) is 45.5. The largest absolute Gasteiger partial charge is 0.489 e. The summed E-state index contributed by atoms with van der Waals surface area (Å²) >= 11 is 0. The number of carbonyl (C=O) groups is 2. The number of ether oxygens (including phenoxy) is 1. The minimum absolute atomic E-state index is 0. The first-order valence-corrected chi connectivity index (χ1v) is 12.2. The molecule has 1 aromatic heterocycles. The molecule has 4 aromatic rings. The zero-order valence-corrected chi connectivity index (χ0v) is 22.4. The summed E-state index contributed by atoms with van der Waals surface area (Å²) in [6, 6.07) is 22.1. The van der Waals surface area contributed by atoms with Crippen molar-refractivity contribution in [2.24, 2.45) is 7.05 Å². The van der Waals surface area contributed by atoms with Gasteiger partial charge in [0.1, 0.15) is 24.2 Å². The van der Waals surface area contributed by atoms with Crippen LogP contribution in [0.3, 0.4) is 0 Å². The second kappa shape index (κ2) is 13.6. The van der Waals surface area contributed by atoms with Gasteiger partial charge in [0, 0.05) is 25.5 Å². The standard InChI is InChI=1S/C29H28N4O6.ClH/c1-33-24(28(36)32-23-11-10-18(14-30)12-22(23)29(37)38)13-20-8-5-9-26(27(20)33)39-17-21(34)15-31-16-25(35)19-6-3-2-4-7-19;/h2-13,21,25,31,34-35H,15-17H2,1H3,(H,32,36)(H,37,38);1H. The van der Waals surface area contributed by atoms with Crippen LogP contribution in [-0.2, 0) is 7.05 Å². The first kappa shape index (κ1) is 30.1. The summed E-state index contributed by atoms with van der Waals surface area (Å²) in [6.07, 6.45) is -1.55. The number of nitrogens with zero attached hydrogens (tertiary/aromatic N) is 2. The van der Waals surface area contributed by atoms with Crippen LogP contribution in [0.2, 0.25) is 0 Å². The van der Waals surface area contributed by atoms with Crippen molar-refractivity contribution in [3.63, 3.8) is 0 Å². The zero-order chi connectivity index (χ0) is 27.9. The zero-order valence-electron chi connectivity index (χ0n) is 21.6. The fourth-order valence-electron chi connectivity index (χ4n) is 4.22. The maximum Gasteiger partial charge on any atom is 0.337 e. The van der Waals surface area contributed by atoms with E-state index in [1.165, 1.54) is 18.2 Å². The summed E-state index contributed by atoms with van der Waals surface area (Å²) in [7, 11) is 1.68. The van der Waals surface area contributed by atoms with Gasteiger partial charge in [-0.05, 0) is 35.9 Å². The lowest BCUT2D eigenvalue weighted by Gasteiger charge is -2.16. The van der Waals surface area contributed by atoms with Crippen LogP contribution in [0.4, 0.5) is 5.69 Å². The summed E-state index contributed by atoms with van der Waals surface area (Å²) < 4.78 is 7.51. The Morgan fingerprint density at radius 2 is 1.77 bits per heavy atom. The Labute approximate surface area is 236 Å². The molecule has 1 amide bonds. The molecule has 11 heteroatoms. The number of aliphatic hydroxyl groups is 2. The Balaban J connectivity index is 0.00000441. The van der Waals surface area contributed by atoms with Crippen LogP contribution in [0.15, 0.2) is 72.8 Å². The van der Waals surface area contributed by atoms with E-state index >= 15 is 0 Å². The van der Waals surface area contributed by atoms with Gasteiger partial charge in [-0.15, -0.1) is 12.4 Å². The molecule has 3 aromatic carbocycles. The number of aryl methyl sites for hydroxylation is 1. The van der Waals surface area contributed by atoms with E-state index in [1.807, 2.05) is 42.5 Å². The van der Waals surface area contributed by atoms with E-state index < -0.39 is 24.1 Å². The molecule has 5 N–H and O–H groups in total. The monoisotopic (exact) mass is 564 g/mol. The van der Waals surface area contributed by atoms with Gasteiger partial charge in [0.05, 0.1) is 34.5 Å². The van der Waals surface area contributed by atoms with Gasteiger partial charge < -0.3 is 35.3 Å². The van der Waals surface area contributed by atoms with Crippen molar-refractivity contribution in [2.45, 2.75) is 12.2 Å². The van der Waals surface area contributed by atoms with E-state index in [4.69, 9.17) is 10.00 Å². The smallest absolute Gasteiger partial charge is 0.337 e. The number of halogens is 1. The predicted octanol–water partition coefficient (Wildman–Crippen LogP) is 3.49. The van der Waals surface area contributed by atoms with Gasteiger partial charge in [-0.3, -0.25) is 4.79 Å². The number of carboxylic acids is 1. The number of nitrogens with one attached hydrogen (secondary N) is 2. The maximum absolute atomic E-state index is 13.1. The number of aliphatic hydroxyl groups excluding tert-OH is 2. The normalized spacial score (nSPS) is 12.2. The lowest BCUT2D eigenvalue weighted by Crippen LogP contribution is -2.33. The van der Waals surface area contributed by atoms with E-state index in [2.05, 4.69) is 10.6 Å². The minimum atomic E-state index is -1.27. The summed E-state index contributed by atoms with van der Waals surface area (Å²) in [5.41, 5.74) is 1.72. The van der Waals surface area contributed by atoms with Gasteiger partial charge in [0.2, 0.25) is 0 Å². The van der Waals surface area contributed by atoms with Crippen molar-refractivity contribution in [2.75, 3.05) is 25.0 Å². The van der Waals surface area contributed by atoms with Crippen LogP contribution in [-0.4, -0.2) is 57.6 Å². The van der Waals surface area contributed by atoms with Crippen molar-refractivity contribution in [3.05, 3.63) is 95.2 Å². The van der Waals surface area contributed by atoms with E-state index in [9.17, 15) is 24.9 Å². The molecule has 1 heterocycles. The second-order valence-electron chi connectivity index (χ2n) is 8.96. The van der Waals surface area contributed by atoms with Crippen LogP contribution in [0.1, 0.15) is 38.1 Å². The number of carbonyl (C=O) groups excluding carboxylic acids is 1. The van der Waals surface area contributed by atoms with Crippen molar-refractivity contribution in [3.8, 4) is 11.8 Å². The molecule has 0 radical (unpaired) electrons. The highest BCUT2D eigenvalue weighted by atomic mass is 35.5. The molecule has 0 saturated carbocycles. The SMILES string of the molecule is Cl.Cn1c(C(=O)Nc2ccc(C#N)cc2C(=O)O)cc2cccc(OCC(O)CNCC(O)c3ccccc3)c21. The fourth-order valence-corrected chi connectivity index (χ4v) is 4.22. The van der Waals surface area contributed by atoms with E-state index in [1.54, 1.807) is 29.8 Å². The minimum Gasteiger partial charge on any atom is -0.489 e. The van der Waals surface area contributed by atoms with Crippen molar-refractivity contribution < 1.29 is 29.6 Å². The van der Waals surface area contributed by atoms with Crippen LogP contribution in [0, 0.1) is 11.3 Å². The third kappa shape index (κ3) is 6.97. The number of benzene rings is 3. The Morgan fingerprint density at radius 1 is 1.02 bits per heavy atom. The van der Waals surface area contributed by atoms with Gasteiger partial charge in [0.25, 0.3) is 5.91 Å². The molecule has 0 aliphatic heterocycles. The molecule has 4 rings (SSSR count). The number of nitriles is 1. The molecular weight excluding hydrogens is 536 g/mol. The van der Waals surface area contributed by atoms with E-state index in [0.717, 1.165) is 10.9 Å². The molecule has 0 spiro atoms. The van der Waals surface area contributed by atoms with Gasteiger partial charge >= 0.3 is 5.97 Å². The molecule has 2 unspecified atom stereocenters. The lowest BCUT2D eigenvalue weighted by atomic mass is 10.1. The lowest BCUT2D eigenvalue weighted by molar-refractivity contribution is 0.0698. The van der Waals surface area contributed by atoms with Gasteiger partial charge in [-0.1, -0.05) is 42.5 Å². The Bertz CT molecular complexity index is 1530. The number of anilines is 1. The molecule has 0 saturated heterocycles. The van der Waals surface area contributed by atoms with E-state index in [-0.39, 0.29) is 54.6 Å². The van der Waals surface area contributed by atoms with Crippen LogP contribution < -0.4 is 15.4 Å². The maximum atomic E-state index is 13.1. The summed E-state index contributed by atoms with van der Waals surface area (Å²) in [4.78, 5) is 24.7. The number of aromatic nitrogens is 1. The number of carboxylic acid groups (broad SMARTS) is 1.